The van der Waals surface area contributed by atoms with Gasteiger partial charge in [0.25, 0.3) is 0 Å². The molecule has 1 heteroatoms. The lowest BCUT2D eigenvalue weighted by Crippen LogP contribution is -2.33. The number of aryl methyl sites for hydroxylation is 1. The van der Waals surface area contributed by atoms with Crippen LogP contribution in [0.25, 0.3) is 0 Å². The number of carbonyl (C=O) groups excluding carboxylic acids is 1. The summed E-state index contributed by atoms with van der Waals surface area (Å²) in [5.74, 6) is 1.07. The first-order valence-electron chi connectivity index (χ1n) is 5.89. The van der Waals surface area contributed by atoms with Crippen molar-refractivity contribution in [1.82, 2.24) is 0 Å². The highest BCUT2D eigenvalue weighted by Gasteiger charge is 2.37. The molecule has 1 fully saturated rings. The molecular formula is C14H16O. The Morgan fingerprint density at radius 1 is 1.27 bits per heavy atom. The first-order valence-corrected chi connectivity index (χ1v) is 5.89. The van der Waals surface area contributed by atoms with Crippen LogP contribution in [0.2, 0.25) is 0 Å². The second-order valence-electron chi connectivity index (χ2n) is 4.99. The third-order valence-corrected chi connectivity index (χ3v) is 3.93. The van der Waals surface area contributed by atoms with Crippen molar-refractivity contribution in [3.05, 3.63) is 34.9 Å². The van der Waals surface area contributed by atoms with Gasteiger partial charge in [-0.2, -0.15) is 0 Å². The van der Waals surface area contributed by atoms with Crippen LogP contribution < -0.4 is 0 Å². The average molecular weight is 200 g/mol. The van der Waals surface area contributed by atoms with Crippen molar-refractivity contribution >= 4 is 5.78 Å². The first kappa shape index (κ1) is 9.14. The minimum Gasteiger partial charge on any atom is -0.299 e. The van der Waals surface area contributed by atoms with E-state index in [1.54, 1.807) is 0 Å². The van der Waals surface area contributed by atoms with E-state index in [4.69, 9.17) is 0 Å². The molecule has 1 aromatic carbocycles. The molecule has 0 aromatic heterocycles. The van der Waals surface area contributed by atoms with Crippen molar-refractivity contribution in [2.45, 2.75) is 38.5 Å². The van der Waals surface area contributed by atoms with Gasteiger partial charge in [0.2, 0.25) is 0 Å². The van der Waals surface area contributed by atoms with E-state index in [9.17, 15) is 4.79 Å². The fourth-order valence-electron chi connectivity index (χ4n) is 3.14. The first-order chi connectivity index (χ1) is 7.25. The summed E-state index contributed by atoms with van der Waals surface area (Å²) in [6, 6.07) is 6.62. The van der Waals surface area contributed by atoms with Gasteiger partial charge in [0.1, 0.15) is 5.78 Å². The molecule has 3 rings (SSSR count). The normalized spacial score (nSPS) is 28.7. The molecule has 15 heavy (non-hydrogen) atoms. The monoisotopic (exact) mass is 200 g/mol. The quantitative estimate of drug-likeness (QED) is 0.629. The summed E-state index contributed by atoms with van der Waals surface area (Å²) in [7, 11) is 0. The van der Waals surface area contributed by atoms with Gasteiger partial charge in [-0.1, -0.05) is 30.2 Å². The molecule has 0 radical (unpaired) electrons. The van der Waals surface area contributed by atoms with Crippen LogP contribution in [-0.4, -0.2) is 5.78 Å². The van der Waals surface area contributed by atoms with Crippen molar-refractivity contribution in [3.63, 3.8) is 0 Å². The Bertz CT molecular complexity index is 419. The largest absolute Gasteiger partial charge is 0.299 e. The highest BCUT2D eigenvalue weighted by atomic mass is 16.1. The third kappa shape index (κ3) is 1.33. The van der Waals surface area contributed by atoms with E-state index in [2.05, 4.69) is 25.1 Å². The maximum atomic E-state index is 12.1. The number of benzene rings is 1. The van der Waals surface area contributed by atoms with Crippen molar-refractivity contribution in [2.75, 3.05) is 0 Å². The van der Waals surface area contributed by atoms with E-state index >= 15 is 0 Å². The van der Waals surface area contributed by atoms with Crippen LogP contribution in [-0.2, 0) is 11.2 Å². The maximum absolute atomic E-state index is 12.1. The van der Waals surface area contributed by atoms with Gasteiger partial charge in [-0.05, 0) is 37.3 Å². The maximum Gasteiger partial charge on any atom is 0.143 e. The third-order valence-electron chi connectivity index (χ3n) is 3.93. The second kappa shape index (κ2) is 3.19. The Labute approximate surface area is 90.5 Å². The van der Waals surface area contributed by atoms with Gasteiger partial charge in [0.05, 0.1) is 0 Å². The highest BCUT2D eigenvalue weighted by Crippen LogP contribution is 2.41. The summed E-state index contributed by atoms with van der Waals surface area (Å²) >= 11 is 0. The van der Waals surface area contributed by atoms with Crippen molar-refractivity contribution in [1.29, 1.82) is 0 Å². The molecule has 0 saturated heterocycles. The van der Waals surface area contributed by atoms with Crippen LogP contribution in [0, 0.1) is 12.8 Å². The average Bonchev–Trinajstić information content (AvgIpc) is 2.20. The van der Waals surface area contributed by atoms with Gasteiger partial charge >= 0.3 is 0 Å². The molecule has 2 atom stereocenters. The van der Waals surface area contributed by atoms with Gasteiger partial charge in [0.15, 0.2) is 0 Å². The Balaban J connectivity index is 2.13. The minimum atomic E-state index is 0.229. The second-order valence-corrected chi connectivity index (χ2v) is 4.99. The molecule has 1 nitrogen and oxygen atoms in total. The lowest BCUT2D eigenvalue weighted by molar-refractivity contribution is -0.126. The fourth-order valence-corrected chi connectivity index (χ4v) is 3.14. The predicted octanol–water partition coefficient (Wildman–Crippen LogP) is 3.00. The zero-order chi connectivity index (χ0) is 10.4. The number of hydrogen-bond acceptors (Lipinski definition) is 1. The van der Waals surface area contributed by atoms with E-state index in [0.717, 1.165) is 19.3 Å². The molecule has 0 heterocycles. The van der Waals surface area contributed by atoms with E-state index < -0.39 is 0 Å². The van der Waals surface area contributed by atoms with Gasteiger partial charge in [-0.3, -0.25) is 4.79 Å². The smallest absolute Gasteiger partial charge is 0.143 e. The molecule has 2 aliphatic carbocycles. The van der Waals surface area contributed by atoms with E-state index in [1.165, 1.54) is 23.1 Å². The zero-order valence-electron chi connectivity index (χ0n) is 9.12. The summed E-state index contributed by atoms with van der Waals surface area (Å²) in [6.07, 6.45) is 4.41. The molecule has 1 saturated carbocycles. The molecule has 2 unspecified atom stereocenters. The zero-order valence-corrected chi connectivity index (χ0v) is 9.12. The van der Waals surface area contributed by atoms with Crippen LogP contribution in [0.15, 0.2) is 18.2 Å². The molecule has 0 amide bonds. The van der Waals surface area contributed by atoms with Crippen molar-refractivity contribution < 1.29 is 4.79 Å². The molecule has 2 aliphatic rings. The Kier molecular flexibility index (Phi) is 1.95. The summed E-state index contributed by atoms with van der Waals surface area (Å²) in [4.78, 5) is 12.1. The molecule has 1 aromatic rings. The van der Waals surface area contributed by atoms with Gasteiger partial charge < -0.3 is 0 Å². The van der Waals surface area contributed by atoms with Gasteiger partial charge in [-0.15, -0.1) is 0 Å². The number of fused-ring (bicyclic) bond motifs is 4. The topological polar surface area (TPSA) is 17.1 Å². The van der Waals surface area contributed by atoms with Crippen LogP contribution >= 0.6 is 0 Å². The van der Waals surface area contributed by atoms with Gasteiger partial charge in [-0.25, -0.2) is 0 Å². The van der Waals surface area contributed by atoms with Crippen molar-refractivity contribution in [3.8, 4) is 0 Å². The summed E-state index contributed by atoms with van der Waals surface area (Å²) < 4.78 is 0. The fraction of sp³-hybridized carbons (Fsp3) is 0.500. The summed E-state index contributed by atoms with van der Waals surface area (Å²) in [5, 5.41) is 0. The lowest BCUT2D eigenvalue weighted by atomic mass is 9.68. The van der Waals surface area contributed by atoms with Crippen LogP contribution in [0.5, 0.6) is 0 Å². The summed E-state index contributed by atoms with van der Waals surface area (Å²) in [5.41, 5.74) is 4.04. The standard InChI is InChI=1S/C14H16O/c1-9-5-6-10-8-11-3-2-4-12(14(11)15)13(10)7-9/h5-7,11-12H,2-4,8H2,1H3. The molecule has 78 valence electrons. The molecule has 2 bridgehead atoms. The SMILES string of the molecule is Cc1ccc2c(c1)C1CCCC(C2)C1=O. The number of hydrogen-bond donors (Lipinski definition) is 0. The predicted molar refractivity (Wildman–Crippen MR) is 60.0 cm³/mol. The van der Waals surface area contributed by atoms with Gasteiger partial charge in [0, 0.05) is 11.8 Å². The molecule has 0 spiro atoms. The lowest BCUT2D eigenvalue weighted by Gasteiger charge is -2.34. The van der Waals surface area contributed by atoms with E-state index in [1.807, 2.05) is 0 Å². The highest BCUT2D eigenvalue weighted by molar-refractivity contribution is 5.90. The number of carbonyl (C=O) groups is 1. The molecule has 0 aliphatic heterocycles. The van der Waals surface area contributed by atoms with Crippen LogP contribution in [0.1, 0.15) is 41.9 Å². The molecular weight excluding hydrogens is 184 g/mol. The number of rotatable bonds is 0. The van der Waals surface area contributed by atoms with Crippen LogP contribution in [0.3, 0.4) is 0 Å². The Morgan fingerprint density at radius 2 is 2.13 bits per heavy atom. The summed E-state index contributed by atoms with van der Waals surface area (Å²) in [6.45, 7) is 2.11. The minimum absolute atomic E-state index is 0.229. The van der Waals surface area contributed by atoms with Crippen molar-refractivity contribution in [2.24, 2.45) is 5.92 Å². The molecule has 0 N–H and O–H groups in total. The van der Waals surface area contributed by atoms with Crippen LogP contribution in [0.4, 0.5) is 0 Å². The van der Waals surface area contributed by atoms with E-state index in [-0.39, 0.29) is 5.92 Å². The Morgan fingerprint density at radius 3 is 3.00 bits per heavy atom. The number of ketones is 1. The Hall–Kier alpha value is -1.11. The number of Topliss-reactive ketones (excluding diaryl/α,β-unsaturated/α-hetero) is 1. The van der Waals surface area contributed by atoms with E-state index in [0.29, 0.717) is 11.7 Å².